The molecule has 0 N–H and O–H groups in total. The largest absolute Gasteiger partial charge is 0.383 e. The molecule has 3 aromatic rings. The third-order valence-corrected chi connectivity index (χ3v) is 6.02. The Morgan fingerprint density at radius 2 is 1.93 bits per heavy atom. The molecule has 5 nitrogen and oxygen atoms in total. The van der Waals surface area contributed by atoms with Gasteiger partial charge in [0.05, 0.1) is 18.3 Å². The minimum atomic E-state index is 0.349. The number of methoxy groups -OCH3 is 1. The van der Waals surface area contributed by atoms with Gasteiger partial charge < -0.3 is 9.64 Å². The molecule has 0 fully saturated rings. The predicted molar refractivity (Wildman–Crippen MR) is 113 cm³/mol. The van der Waals surface area contributed by atoms with E-state index in [9.17, 15) is 0 Å². The first-order valence-corrected chi connectivity index (χ1v) is 10.2. The van der Waals surface area contributed by atoms with E-state index in [2.05, 4.69) is 70.4 Å². The van der Waals surface area contributed by atoms with Crippen LogP contribution in [0.25, 0.3) is 16.8 Å². The maximum Gasteiger partial charge on any atom is 0.165 e. The lowest BCUT2D eigenvalue weighted by atomic mass is 10.1. The number of hydrogen-bond donors (Lipinski definition) is 0. The molecule has 142 valence electrons. The van der Waals surface area contributed by atoms with Gasteiger partial charge in [0, 0.05) is 34.9 Å². The Bertz CT molecular complexity index is 980. The Balaban J connectivity index is 1.93. The van der Waals surface area contributed by atoms with Gasteiger partial charge in [0.25, 0.3) is 0 Å². The first kappa shape index (κ1) is 18.4. The van der Waals surface area contributed by atoms with Crippen molar-refractivity contribution in [1.29, 1.82) is 0 Å². The smallest absolute Gasteiger partial charge is 0.165 e. The van der Waals surface area contributed by atoms with Gasteiger partial charge in [-0.25, -0.2) is 4.98 Å². The average Bonchev–Trinajstić information content (AvgIpc) is 3.22. The number of fused-ring (bicyclic) bond motifs is 3. The Kier molecular flexibility index (Phi) is 4.95. The summed E-state index contributed by atoms with van der Waals surface area (Å²) in [7, 11) is 1.77. The lowest BCUT2D eigenvalue weighted by Gasteiger charge is -2.29. The number of aryl methyl sites for hydroxylation is 2. The Labute approximate surface area is 168 Å². The molecule has 0 aliphatic carbocycles. The lowest BCUT2D eigenvalue weighted by molar-refractivity contribution is 0.175. The van der Waals surface area contributed by atoms with E-state index in [-0.39, 0.29) is 0 Å². The van der Waals surface area contributed by atoms with Crippen LogP contribution in [0.5, 0.6) is 0 Å². The number of benzene rings is 1. The van der Waals surface area contributed by atoms with Crippen molar-refractivity contribution < 1.29 is 4.74 Å². The summed E-state index contributed by atoms with van der Waals surface area (Å²) >= 11 is 3.52. The van der Waals surface area contributed by atoms with Gasteiger partial charge in [0.2, 0.25) is 0 Å². The van der Waals surface area contributed by atoms with Gasteiger partial charge in [0.15, 0.2) is 5.65 Å². The van der Waals surface area contributed by atoms with E-state index in [1.807, 2.05) is 0 Å². The number of hydrogen-bond acceptors (Lipinski definition) is 4. The third kappa shape index (κ3) is 3.05. The van der Waals surface area contributed by atoms with Crippen LogP contribution in [0, 0.1) is 13.8 Å². The van der Waals surface area contributed by atoms with Crippen LogP contribution in [-0.4, -0.2) is 40.9 Å². The van der Waals surface area contributed by atoms with Gasteiger partial charge in [-0.1, -0.05) is 35.0 Å². The van der Waals surface area contributed by atoms with Crippen molar-refractivity contribution in [2.24, 2.45) is 0 Å². The first-order chi connectivity index (χ1) is 13.0. The molecule has 0 saturated heterocycles. The van der Waals surface area contributed by atoms with Crippen molar-refractivity contribution in [3.05, 3.63) is 45.7 Å². The van der Waals surface area contributed by atoms with Crippen molar-refractivity contribution >= 4 is 27.4 Å². The maximum absolute atomic E-state index is 5.48. The first-order valence-electron chi connectivity index (χ1n) is 9.45. The molecule has 0 saturated carbocycles. The van der Waals surface area contributed by atoms with Gasteiger partial charge in [0.1, 0.15) is 5.82 Å². The summed E-state index contributed by atoms with van der Waals surface area (Å²) in [6.45, 7) is 8.12. The van der Waals surface area contributed by atoms with E-state index in [4.69, 9.17) is 14.8 Å². The van der Waals surface area contributed by atoms with Gasteiger partial charge in [-0.05, 0) is 44.4 Å². The van der Waals surface area contributed by atoms with E-state index in [0.29, 0.717) is 6.04 Å². The monoisotopic (exact) mass is 428 g/mol. The zero-order valence-electron chi connectivity index (χ0n) is 16.3. The van der Waals surface area contributed by atoms with Crippen LogP contribution in [0.4, 0.5) is 5.82 Å². The SMILES string of the molecule is CCC(COC)N1CCc2c(C)nc3c(-c4ccc(Br)cc4)c(C)nn3c21. The quantitative estimate of drug-likeness (QED) is 0.596. The highest BCUT2D eigenvalue weighted by Crippen LogP contribution is 2.37. The van der Waals surface area contributed by atoms with Crippen molar-refractivity contribution in [2.45, 2.75) is 39.7 Å². The van der Waals surface area contributed by atoms with E-state index < -0.39 is 0 Å². The number of rotatable bonds is 5. The lowest BCUT2D eigenvalue weighted by Crippen LogP contribution is -2.37. The number of nitrogens with zero attached hydrogens (tertiary/aromatic N) is 4. The normalized spacial score (nSPS) is 14.8. The number of ether oxygens (including phenoxy) is 1. The predicted octanol–water partition coefficient (Wildman–Crippen LogP) is 4.56. The molecule has 1 atom stereocenters. The molecule has 4 rings (SSSR count). The summed E-state index contributed by atoms with van der Waals surface area (Å²) in [4.78, 5) is 7.42. The van der Waals surface area contributed by atoms with Gasteiger partial charge in [-0.2, -0.15) is 9.61 Å². The minimum absolute atomic E-state index is 0.349. The van der Waals surface area contributed by atoms with Crippen LogP contribution < -0.4 is 4.90 Å². The van der Waals surface area contributed by atoms with E-state index in [1.165, 1.54) is 11.4 Å². The molecule has 1 unspecified atom stereocenters. The molecule has 6 heteroatoms. The molecule has 0 amide bonds. The second kappa shape index (κ2) is 7.24. The summed E-state index contributed by atoms with van der Waals surface area (Å²) in [6.07, 6.45) is 2.05. The number of halogens is 1. The van der Waals surface area contributed by atoms with Crippen molar-refractivity contribution in [1.82, 2.24) is 14.6 Å². The summed E-state index contributed by atoms with van der Waals surface area (Å²) in [5.41, 5.74) is 6.60. The molecule has 3 heterocycles. The third-order valence-electron chi connectivity index (χ3n) is 5.50. The molecule has 2 aromatic heterocycles. The Morgan fingerprint density at radius 1 is 1.19 bits per heavy atom. The Hall–Kier alpha value is -1.92. The second-order valence-electron chi connectivity index (χ2n) is 7.16. The topological polar surface area (TPSA) is 42.7 Å². The van der Waals surface area contributed by atoms with E-state index >= 15 is 0 Å². The average molecular weight is 429 g/mol. The zero-order chi connectivity index (χ0) is 19.1. The summed E-state index contributed by atoms with van der Waals surface area (Å²) in [5, 5.41) is 4.91. The van der Waals surface area contributed by atoms with Gasteiger partial charge in [-0.15, -0.1) is 0 Å². The Morgan fingerprint density at radius 3 is 2.59 bits per heavy atom. The fourth-order valence-corrected chi connectivity index (χ4v) is 4.40. The fraction of sp³-hybridized carbons (Fsp3) is 0.429. The number of aromatic nitrogens is 3. The van der Waals surface area contributed by atoms with E-state index in [1.54, 1.807) is 7.11 Å². The number of anilines is 1. The molecule has 1 aromatic carbocycles. The van der Waals surface area contributed by atoms with Crippen LogP contribution in [0.3, 0.4) is 0 Å². The maximum atomic E-state index is 5.48. The van der Waals surface area contributed by atoms with Crippen molar-refractivity contribution in [2.75, 3.05) is 25.2 Å². The van der Waals surface area contributed by atoms with Crippen LogP contribution in [0.2, 0.25) is 0 Å². The molecule has 1 aliphatic rings. The summed E-state index contributed by atoms with van der Waals surface area (Å²) < 4.78 is 8.61. The van der Waals surface area contributed by atoms with E-state index in [0.717, 1.165) is 58.6 Å². The van der Waals surface area contributed by atoms with Gasteiger partial charge in [-0.3, -0.25) is 0 Å². The van der Waals surface area contributed by atoms with Crippen LogP contribution in [0.1, 0.15) is 30.3 Å². The van der Waals surface area contributed by atoms with Crippen molar-refractivity contribution in [3.63, 3.8) is 0 Å². The molecule has 0 bridgehead atoms. The summed E-state index contributed by atoms with van der Waals surface area (Å²) in [6, 6.07) is 8.72. The highest BCUT2D eigenvalue weighted by atomic mass is 79.9. The van der Waals surface area contributed by atoms with Gasteiger partial charge >= 0.3 is 0 Å². The highest BCUT2D eigenvalue weighted by Gasteiger charge is 2.31. The fourth-order valence-electron chi connectivity index (χ4n) is 4.14. The minimum Gasteiger partial charge on any atom is -0.383 e. The molecule has 0 spiro atoms. The summed E-state index contributed by atoms with van der Waals surface area (Å²) in [5.74, 6) is 1.19. The molecule has 27 heavy (non-hydrogen) atoms. The van der Waals surface area contributed by atoms with Crippen LogP contribution >= 0.6 is 15.9 Å². The van der Waals surface area contributed by atoms with Crippen molar-refractivity contribution in [3.8, 4) is 11.1 Å². The highest BCUT2D eigenvalue weighted by molar-refractivity contribution is 9.10. The molecular weight excluding hydrogens is 404 g/mol. The molecular formula is C21H25BrN4O. The van der Waals surface area contributed by atoms with Crippen LogP contribution in [0.15, 0.2) is 28.7 Å². The standard InChI is InChI=1S/C21H25BrN4O/c1-5-17(12-27-4)25-11-10-18-13(2)23-20-19(14(3)24-26(20)21(18)25)15-6-8-16(22)9-7-15/h6-9,17H,5,10-12H2,1-4H3. The zero-order valence-corrected chi connectivity index (χ0v) is 17.9. The second-order valence-corrected chi connectivity index (χ2v) is 8.08. The molecule has 0 radical (unpaired) electrons. The molecule has 1 aliphatic heterocycles. The van der Waals surface area contributed by atoms with Crippen LogP contribution in [-0.2, 0) is 11.2 Å².